The molecule has 2 N–H and O–H groups in total. The van der Waals surface area contributed by atoms with Gasteiger partial charge in [-0.2, -0.15) is 30.3 Å². The summed E-state index contributed by atoms with van der Waals surface area (Å²) in [6, 6.07) is 17.7. The number of anilines is 2. The zero-order valence-electron chi connectivity index (χ0n) is 24.6. The molecule has 15 heteroatoms. The van der Waals surface area contributed by atoms with Crippen LogP contribution >= 0.6 is 23.3 Å². The highest BCUT2D eigenvalue weighted by Crippen LogP contribution is 2.40. The molecule has 1 aliphatic rings. The molecule has 9 nitrogen and oxygen atoms in total. The predicted octanol–water partition coefficient (Wildman–Crippen LogP) is 6.82. The van der Waals surface area contributed by atoms with E-state index in [-0.39, 0.29) is 11.7 Å². The minimum atomic E-state index is -4.44. The van der Waals surface area contributed by atoms with E-state index in [4.69, 9.17) is 4.74 Å². The number of ether oxygens (including phenoxy) is 1. The smallest absolute Gasteiger partial charge is 0.416 e. The summed E-state index contributed by atoms with van der Waals surface area (Å²) in [4.78, 5) is 7.10. The molecule has 1 fully saturated rings. The van der Waals surface area contributed by atoms with Crippen LogP contribution in [-0.4, -0.2) is 67.3 Å². The molecule has 0 unspecified atom stereocenters. The lowest BCUT2D eigenvalue weighted by atomic mass is 9.95. The summed E-state index contributed by atoms with van der Waals surface area (Å²) in [6.45, 7) is 1.78. The largest absolute Gasteiger partial charge is 0.455 e. The Hall–Kier alpha value is -3.21. The summed E-state index contributed by atoms with van der Waals surface area (Å²) < 4.78 is 79.5. The fourth-order valence-corrected chi connectivity index (χ4v) is 7.44. The molecule has 0 bridgehead atoms. The number of nitrogens with zero attached hydrogens (tertiary/aromatic N) is 4. The average Bonchev–Trinajstić information content (AvgIpc) is 3.47. The van der Waals surface area contributed by atoms with E-state index < -0.39 is 21.9 Å². The molecule has 0 spiro atoms. The quantitative estimate of drug-likeness (QED) is 0.169. The van der Waals surface area contributed by atoms with Gasteiger partial charge in [-0.3, -0.25) is 0 Å². The van der Waals surface area contributed by atoms with Crippen molar-refractivity contribution < 1.29 is 26.3 Å². The second kappa shape index (κ2) is 14.5. The van der Waals surface area contributed by atoms with E-state index >= 15 is 0 Å². The van der Waals surface area contributed by atoms with E-state index in [9.17, 15) is 21.6 Å². The summed E-state index contributed by atoms with van der Waals surface area (Å²) in [7, 11) is 0.248. The van der Waals surface area contributed by atoms with Crippen LogP contribution in [0.15, 0.2) is 82.8 Å². The molecule has 4 aromatic rings. The van der Waals surface area contributed by atoms with Crippen molar-refractivity contribution >= 4 is 44.2 Å². The third-order valence-electron chi connectivity index (χ3n) is 7.06. The fraction of sp³-hybridized carbons (Fsp3) is 0.333. The van der Waals surface area contributed by atoms with Crippen LogP contribution in [0, 0.1) is 0 Å². The Kier molecular flexibility index (Phi) is 10.7. The van der Waals surface area contributed by atoms with Gasteiger partial charge in [0.05, 0.1) is 16.9 Å². The van der Waals surface area contributed by atoms with Crippen molar-refractivity contribution in [3.8, 4) is 11.5 Å². The summed E-state index contributed by atoms with van der Waals surface area (Å²) >= 11 is 2.71. The SMILES string of the molecule is CN(C)CCNS(=O)(=O)N1CCC(c2cc(Nc3ccc(Sc4ccccn4)cc3Oc3ccc(C(F)(F)F)cc3)sn2)CC1. The first-order valence-electron chi connectivity index (χ1n) is 14.2. The van der Waals surface area contributed by atoms with Gasteiger partial charge < -0.3 is 15.0 Å². The molecule has 1 aliphatic heterocycles. The minimum absolute atomic E-state index is 0.116. The highest BCUT2D eigenvalue weighted by molar-refractivity contribution is 7.99. The zero-order valence-corrected chi connectivity index (χ0v) is 27.1. The first-order chi connectivity index (χ1) is 21.5. The van der Waals surface area contributed by atoms with Gasteiger partial charge in [0, 0.05) is 43.2 Å². The van der Waals surface area contributed by atoms with Crippen molar-refractivity contribution in [1.82, 2.24) is 23.3 Å². The molecular formula is C30H33F3N6O3S3. The Labute approximate surface area is 269 Å². The van der Waals surface area contributed by atoms with E-state index in [0.29, 0.717) is 50.5 Å². The minimum Gasteiger partial charge on any atom is -0.455 e. The van der Waals surface area contributed by atoms with E-state index in [1.54, 1.807) is 6.20 Å². The van der Waals surface area contributed by atoms with Crippen LogP contribution in [0.3, 0.4) is 0 Å². The first-order valence-corrected chi connectivity index (χ1v) is 17.2. The van der Waals surface area contributed by atoms with Crippen LogP contribution in [0.25, 0.3) is 0 Å². The number of hydrogen-bond donors (Lipinski definition) is 2. The second-order valence-electron chi connectivity index (χ2n) is 10.7. The number of likely N-dealkylation sites (N-methyl/N-ethyl adjacent to an activating group) is 1. The maximum Gasteiger partial charge on any atom is 0.416 e. The highest BCUT2D eigenvalue weighted by atomic mass is 32.2. The molecule has 45 heavy (non-hydrogen) atoms. The number of alkyl halides is 3. The molecule has 5 rings (SSSR count). The Balaban J connectivity index is 1.28. The lowest BCUT2D eigenvalue weighted by molar-refractivity contribution is -0.137. The van der Waals surface area contributed by atoms with E-state index in [1.807, 2.05) is 61.5 Å². The van der Waals surface area contributed by atoms with Crippen LogP contribution in [-0.2, 0) is 16.4 Å². The molecule has 240 valence electrons. The zero-order chi connectivity index (χ0) is 32.0. The topological polar surface area (TPSA) is 99.7 Å². The molecule has 0 amide bonds. The number of halogens is 3. The fourth-order valence-electron chi connectivity index (χ4n) is 4.68. The third kappa shape index (κ3) is 9.17. The van der Waals surface area contributed by atoms with Gasteiger partial charge in [0.1, 0.15) is 15.8 Å². The van der Waals surface area contributed by atoms with Crippen molar-refractivity contribution in [3.05, 3.63) is 84.2 Å². The van der Waals surface area contributed by atoms with Gasteiger partial charge in [-0.1, -0.05) is 17.8 Å². The number of rotatable bonds is 12. The molecule has 0 atom stereocenters. The molecule has 2 aromatic heterocycles. The average molecular weight is 679 g/mol. The molecule has 0 aliphatic carbocycles. The molecular weight excluding hydrogens is 646 g/mol. The molecule has 0 saturated carbocycles. The third-order valence-corrected chi connectivity index (χ3v) is 10.3. The number of aromatic nitrogens is 2. The van der Waals surface area contributed by atoms with Crippen LogP contribution in [0.2, 0.25) is 0 Å². The molecule has 3 heterocycles. The van der Waals surface area contributed by atoms with Gasteiger partial charge >= 0.3 is 6.18 Å². The Morgan fingerprint density at radius 3 is 2.49 bits per heavy atom. The van der Waals surface area contributed by atoms with Crippen molar-refractivity contribution in [2.24, 2.45) is 0 Å². The lowest BCUT2D eigenvalue weighted by Crippen LogP contribution is -2.46. The Bertz CT molecular complexity index is 1660. The summed E-state index contributed by atoms with van der Waals surface area (Å²) in [5.74, 6) is 0.796. The van der Waals surface area contributed by atoms with Crippen LogP contribution in [0.1, 0.15) is 30.0 Å². The van der Waals surface area contributed by atoms with Crippen LogP contribution in [0.4, 0.5) is 23.9 Å². The summed E-state index contributed by atoms with van der Waals surface area (Å²) in [5.41, 5.74) is 0.738. The van der Waals surface area contributed by atoms with Gasteiger partial charge in [-0.25, -0.2) is 9.71 Å². The van der Waals surface area contributed by atoms with E-state index in [2.05, 4.69) is 19.4 Å². The first kappa shape index (κ1) is 33.2. The number of pyridine rings is 1. The van der Waals surface area contributed by atoms with Crippen molar-refractivity contribution in [2.45, 2.75) is 34.9 Å². The molecule has 1 saturated heterocycles. The standard InChI is InChI=1S/C30H33F3N6O3S3/c1-38(2)18-15-35-45(40,41)39-16-12-21(13-17-39)26-20-29(44-37-26)36-25-11-10-24(43-28-5-3-4-14-34-28)19-27(25)42-23-8-6-22(7-9-23)30(31,32)33/h3-11,14,19-21,35-36H,12-13,15-18H2,1-2H3. The van der Waals surface area contributed by atoms with Gasteiger partial charge in [0.2, 0.25) is 0 Å². The Morgan fingerprint density at radius 2 is 1.82 bits per heavy atom. The Morgan fingerprint density at radius 1 is 1.07 bits per heavy atom. The maximum absolute atomic E-state index is 13.1. The maximum atomic E-state index is 13.1. The van der Waals surface area contributed by atoms with E-state index in [1.165, 1.54) is 39.7 Å². The van der Waals surface area contributed by atoms with Gasteiger partial charge in [0.15, 0.2) is 5.75 Å². The second-order valence-corrected chi connectivity index (χ2v) is 14.3. The van der Waals surface area contributed by atoms with Gasteiger partial charge in [-0.05, 0) is 99.1 Å². The predicted molar refractivity (Wildman–Crippen MR) is 171 cm³/mol. The molecule has 2 aromatic carbocycles. The number of piperidine rings is 1. The molecule has 0 radical (unpaired) electrons. The highest BCUT2D eigenvalue weighted by Gasteiger charge is 2.31. The summed E-state index contributed by atoms with van der Waals surface area (Å²) in [6.07, 6.45) is -1.44. The van der Waals surface area contributed by atoms with Gasteiger partial charge in [-0.15, -0.1) is 0 Å². The monoisotopic (exact) mass is 678 g/mol. The van der Waals surface area contributed by atoms with Crippen molar-refractivity contribution in [1.29, 1.82) is 0 Å². The van der Waals surface area contributed by atoms with Crippen LogP contribution < -0.4 is 14.8 Å². The normalized spacial score (nSPS) is 15.0. The summed E-state index contributed by atoms with van der Waals surface area (Å²) in [5, 5.41) is 4.89. The number of nitrogens with one attached hydrogen (secondary N) is 2. The van der Waals surface area contributed by atoms with Crippen LogP contribution in [0.5, 0.6) is 11.5 Å². The van der Waals surface area contributed by atoms with E-state index in [0.717, 1.165) is 32.7 Å². The van der Waals surface area contributed by atoms with Crippen molar-refractivity contribution in [2.75, 3.05) is 45.6 Å². The number of hydrogen-bond acceptors (Lipinski definition) is 9. The van der Waals surface area contributed by atoms with Gasteiger partial charge in [0.25, 0.3) is 10.2 Å². The lowest BCUT2D eigenvalue weighted by Gasteiger charge is -2.30. The van der Waals surface area contributed by atoms with Crippen molar-refractivity contribution in [3.63, 3.8) is 0 Å². The number of benzene rings is 2.